The lowest BCUT2D eigenvalue weighted by atomic mass is 10.2. The van der Waals surface area contributed by atoms with Crippen molar-refractivity contribution in [3.8, 4) is 0 Å². The molecule has 0 bridgehead atoms. The van der Waals surface area contributed by atoms with Gasteiger partial charge in [-0.1, -0.05) is 0 Å². The number of rotatable bonds is 9. The number of sulfone groups is 1. The van der Waals surface area contributed by atoms with Gasteiger partial charge in [-0.2, -0.15) is 0 Å². The molecule has 108 valence electrons. The molecule has 0 aliphatic carbocycles. The van der Waals surface area contributed by atoms with Crippen LogP contribution in [0.3, 0.4) is 0 Å². The second-order valence-electron chi connectivity index (χ2n) is 4.46. The fraction of sp³-hybridized carbons (Fsp3) is 1.00. The molecule has 6 heteroatoms. The van der Waals surface area contributed by atoms with E-state index in [9.17, 15) is 8.42 Å². The summed E-state index contributed by atoms with van der Waals surface area (Å²) in [5, 5.41) is 2.99. The standard InChI is InChI=1S/C12H25NO4S/c1-3-16-12(17-4-2)7-8-13-10-11-6-5-9-18(11,14)15/h11-13H,3-10H2,1-2H3. The molecule has 1 saturated heterocycles. The highest BCUT2D eigenvalue weighted by Gasteiger charge is 2.30. The first-order valence-electron chi connectivity index (χ1n) is 6.75. The zero-order chi connectivity index (χ0) is 13.4. The topological polar surface area (TPSA) is 64.6 Å². The Morgan fingerprint density at radius 3 is 2.44 bits per heavy atom. The van der Waals surface area contributed by atoms with Gasteiger partial charge in [0.25, 0.3) is 0 Å². The van der Waals surface area contributed by atoms with Gasteiger partial charge >= 0.3 is 0 Å². The van der Waals surface area contributed by atoms with E-state index in [0.717, 1.165) is 25.8 Å². The molecular formula is C12H25NO4S. The van der Waals surface area contributed by atoms with Crippen LogP contribution < -0.4 is 5.32 Å². The summed E-state index contributed by atoms with van der Waals surface area (Å²) in [4.78, 5) is 0. The van der Waals surface area contributed by atoms with Gasteiger partial charge in [-0.3, -0.25) is 0 Å². The van der Waals surface area contributed by atoms with Crippen molar-refractivity contribution in [1.29, 1.82) is 0 Å². The van der Waals surface area contributed by atoms with Crippen molar-refractivity contribution in [1.82, 2.24) is 5.32 Å². The minimum atomic E-state index is -2.83. The van der Waals surface area contributed by atoms with Gasteiger partial charge in [0.1, 0.15) is 0 Å². The van der Waals surface area contributed by atoms with Gasteiger partial charge in [0.15, 0.2) is 16.1 Å². The first kappa shape index (κ1) is 15.9. The quantitative estimate of drug-likeness (QED) is 0.503. The minimum absolute atomic E-state index is 0.187. The van der Waals surface area contributed by atoms with Crippen LogP contribution in [0.15, 0.2) is 0 Å². The molecule has 1 aliphatic heterocycles. The van der Waals surface area contributed by atoms with E-state index in [1.54, 1.807) is 0 Å². The molecule has 18 heavy (non-hydrogen) atoms. The third-order valence-electron chi connectivity index (χ3n) is 3.10. The largest absolute Gasteiger partial charge is 0.353 e. The zero-order valence-electron chi connectivity index (χ0n) is 11.4. The van der Waals surface area contributed by atoms with E-state index in [1.807, 2.05) is 13.8 Å². The molecule has 1 N–H and O–H groups in total. The van der Waals surface area contributed by atoms with E-state index in [2.05, 4.69) is 5.32 Å². The van der Waals surface area contributed by atoms with Crippen molar-refractivity contribution in [3.05, 3.63) is 0 Å². The van der Waals surface area contributed by atoms with Crippen LogP contribution in [0.4, 0.5) is 0 Å². The Balaban J connectivity index is 2.17. The molecule has 1 atom stereocenters. The molecule has 0 spiro atoms. The Hall–Kier alpha value is -0.170. The maximum atomic E-state index is 11.6. The summed E-state index contributed by atoms with van der Waals surface area (Å²) in [5.41, 5.74) is 0. The summed E-state index contributed by atoms with van der Waals surface area (Å²) >= 11 is 0. The highest BCUT2D eigenvalue weighted by molar-refractivity contribution is 7.92. The Kier molecular flexibility index (Phi) is 7.14. The fourth-order valence-corrected chi connectivity index (χ4v) is 3.96. The van der Waals surface area contributed by atoms with Gasteiger partial charge < -0.3 is 14.8 Å². The molecule has 0 saturated carbocycles. The van der Waals surface area contributed by atoms with Gasteiger partial charge in [-0.15, -0.1) is 0 Å². The van der Waals surface area contributed by atoms with E-state index < -0.39 is 9.84 Å². The molecule has 0 aromatic carbocycles. The van der Waals surface area contributed by atoms with E-state index in [1.165, 1.54) is 0 Å². The maximum absolute atomic E-state index is 11.6. The Morgan fingerprint density at radius 2 is 1.94 bits per heavy atom. The second kappa shape index (κ2) is 8.09. The van der Waals surface area contributed by atoms with Crippen molar-refractivity contribution in [2.45, 2.75) is 44.6 Å². The highest BCUT2D eigenvalue weighted by Crippen LogP contribution is 2.18. The molecule has 0 aromatic heterocycles. The summed E-state index contributed by atoms with van der Waals surface area (Å²) in [6, 6.07) is 0. The predicted molar refractivity (Wildman–Crippen MR) is 71.3 cm³/mol. The Labute approximate surface area is 110 Å². The lowest BCUT2D eigenvalue weighted by Gasteiger charge is -2.17. The van der Waals surface area contributed by atoms with Crippen LogP contribution in [0.2, 0.25) is 0 Å². The number of ether oxygens (including phenoxy) is 2. The van der Waals surface area contributed by atoms with Crippen molar-refractivity contribution in [2.75, 3.05) is 32.1 Å². The van der Waals surface area contributed by atoms with Crippen molar-refractivity contribution >= 4 is 9.84 Å². The SMILES string of the molecule is CCOC(CCNCC1CCCS1(=O)=O)OCC. The van der Waals surface area contributed by atoms with Gasteiger partial charge in [0, 0.05) is 26.2 Å². The maximum Gasteiger partial charge on any atom is 0.158 e. The molecule has 0 amide bonds. The highest BCUT2D eigenvalue weighted by atomic mass is 32.2. The third-order valence-corrected chi connectivity index (χ3v) is 5.37. The Bertz CT molecular complexity index is 312. The summed E-state index contributed by atoms with van der Waals surface area (Å²) in [7, 11) is -2.83. The van der Waals surface area contributed by atoms with Crippen LogP contribution in [0.25, 0.3) is 0 Å². The van der Waals surface area contributed by atoms with Gasteiger partial charge in [-0.25, -0.2) is 8.42 Å². The average molecular weight is 279 g/mol. The van der Waals surface area contributed by atoms with Crippen LogP contribution in [-0.2, 0) is 19.3 Å². The van der Waals surface area contributed by atoms with Crippen molar-refractivity contribution in [2.24, 2.45) is 0 Å². The second-order valence-corrected chi connectivity index (χ2v) is 6.86. The molecule has 0 aromatic rings. The smallest absolute Gasteiger partial charge is 0.158 e. The van der Waals surface area contributed by atoms with Crippen LogP contribution in [-0.4, -0.2) is 52.0 Å². The summed E-state index contributed by atoms with van der Waals surface area (Å²) in [6.07, 6.45) is 2.15. The lowest BCUT2D eigenvalue weighted by molar-refractivity contribution is -0.138. The minimum Gasteiger partial charge on any atom is -0.353 e. The third kappa shape index (κ3) is 5.22. The van der Waals surface area contributed by atoms with Crippen molar-refractivity contribution < 1.29 is 17.9 Å². The van der Waals surface area contributed by atoms with Gasteiger partial charge in [0.2, 0.25) is 0 Å². The van der Waals surface area contributed by atoms with Crippen LogP contribution >= 0.6 is 0 Å². The molecule has 1 unspecified atom stereocenters. The normalized spacial score (nSPS) is 22.7. The van der Waals surface area contributed by atoms with Crippen molar-refractivity contribution in [3.63, 3.8) is 0 Å². The molecular weight excluding hydrogens is 254 g/mol. The number of hydrogen-bond acceptors (Lipinski definition) is 5. The molecule has 1 heterocycles. The van der Waals surface area contributed by atoms with E-state index in [0.29, 0.717) is 25.5 Å². The molecule has 1 rings (SSSR count). The number of hydrogen-bond donors (Lipinski definition) is 1. The van der Waals surface area contributed by atoms with Crippen LogP contribution in [0, 0.1) is 0 Å². The molecule has 1 fully saturated rings. The zero-order valence-corrected chi connectivity index (χ0v) is 12.2. The van der Waals surface area contributed by atoms with Gasteiger partial charge in [0.05, 0.1) is 11.0 Å². The Morgan fingerprint density at radius 1 is 1.28 bits per heavy atom. The average Bonchev–Trinajstić information content (AvgIpc) is 2.64. The molecule has 5 nitrogen and oxygen atoms in total. The fourth-order valence-electron chi connectivity index (χ4n) is 2.16. The van der Waals surface area contributed by atoms with Crippen LogP contribution in [0.5, 0.6) is 0 Å². The first-order chi connectivity index (χ1) is 8.60. The van der Waals surface area contributed by atoms with E-state index in [4.69, 9.17) is 9.47 Å². The number of nitrogens with one attached hydrogen (secondary N) is 1. The summed E-state index contributed by atoms with van der Waals surface area (Å²) in [6.45, 7) is 6.39. The first-order valence-corrected chi connectivity index (χ1v) is 8.47. The van der Waals surface area contributed by atoms with E-state index >= 15 is 0 Å². The monoisotopic (exact) mass is 279 g/mol. The van der Waals surface area contributed by atoms with Crippen LogP contribution in [0.1, 0.15) is 33.1 Å². The molecule has 1 aliphatic rings. The summed E-state index contributed by atoms with van der Waals surface area (Å²) in [5.74, 6) is 0.347. The predicted octanol–water partition coefficient (Wildman–Crippen LogP) is 0.942. The van der Waals surface area contributed by atoms with Gasteiger partial charge in [-0.05, 0) is 33.2 Å². The molecule has 0 radical (unpaired) electrons. The lowest BCUT2D eigenvalue weighted by Crippen LogP contribution is -2.33. The summed E-state index contributed by atoms with van der Waals surface area (Å²) < 4.78 is 34.0. The van der Waals surface area contributed by atoms with E-state index in [-0.39, 0.29) is 11.5 Å².